The van der Waals surface area contributed by atoms with Crippen molar-refractivity contribution in [3.63, 3.8) is 0 Å². The van der Waals surface area contributed by atoms with Crippen molar-refractivity contribution in [2.75, 3.05) is 18.9 Å². The lowest BCUT2D eigenvalue weighted by Gasteiger charge is -2.08. The van der Waals surface area contributed by atoms with Crippen LogP contribution in [0, 0.1) is 11.3 Å². The van der Waals surface area contributed by atoms with Crippen LogP contribution in [0.3, 0.4) is 0 Å². The molecule has 2 rings (SSSR count). The lowest BCUT2D eigenvalue weighted by Crippen LogP contribution is -2.12. The van der Waals surface area contributed by atoms with Crippen LogP contribution in [0.25, 0.3) is 0 Å². The van der Waals surface area contributed by atoms with E-state index in [0.29, 0.717) is 11.3 Å². The minimum atomic E-state index is -0.617. The molecule has 2 N–H and O–H groups in total. The van der Waals surface area contributed by atoms with Gasteiger partial charge in [0.1, 0.15) is 28.3 Å². The lowest BCUT2D eigenvalue weighted by molar-refractivity contribution is -0.145. The summed E-state index contributed by atoms with van der Waals surface area (Å²) in [5, 5.41) is 9.42. The highest BCUT2D eigenvalue weighted by Crippen LogP contribution is 2.31. The summed E-state index contributed by atoms with van der Waals surface area (Å²) in [6, 6.07) is 8.47. The van der Waals surface area contributed by atoms with Crippen LogP contribution < -0.4 is 10.5 Å². The van der Waals surface area contributed by atoms with Gasteiger partial charge in [-0.2, -0.15) is 5.26 Å². The number of Topliss-reactive ketones (excluding diaryl/α,β-unsaturated/α-hetero) is 1. The molecule has 1 aromatic heterocycles. The molecule has 0 aliphatic rings. The van der Waals surface area contributed by atoms with E-state index in [2.05, 4.69) is 0 Å². The van der Waals surface area contributed by atoms with Gasteiger partial charge >= 0.3 is 11.9 Å². The van der Waals surface area contributed by atoms with Crippen molar-refractivity contribution in [3.8, 4) is 11.8 Å². The van der Waals surface area contributed by atoms with E-state index in [9.17, 15) is 19.6 Å². The molecule has 0 radical (unpaired) electrons. The number of carbonyl (C=O) groups excluding carboxylic acids is 3. The van der Waals surface area contributed by atoms with Gasteiger partial charge < -0.3 is 19.9 Å². The molecule has 0 saturated heterocycles. The van der Waals surface area contributed by atoms with Crippen molar-refractivity contribution < 1.29 is 28.6 Å². The zero-order valence-electron chi connectivity index (χ0n) is 16.0. The minimum Gasteiger partial charge on any atom is -0.493 e. The first kappa shape index (κ1) is 21.9. The Bertz CT molecular complexity index is 943. The van der Waals surface area contributed by atoms with Crippen molar-refractivity contribution in [3.05, 3.63) is 45.8 Å². The number of benzene rings is 1. The van der Waals surface area contributed by atoms with Crippen molar-refractivity contribution in [2.24, 2.45) is 0 Å². The van der Waals surface area contributed by atoms with Gasteiger partial charge in [-0.3, -0.25) is 9.59 Å². The van der Waals surface area contributed by atoms with Crippen LogP contribution in [0.4, 0.5) is 5.00 Å². The fourth-order valence-electron chi connectivity index (χ4n) is 2.37. The van der Waals surface area contributed by atoms with Crippen LogP contribution >= 0.6 is 11.3 Å². The first-order valence-corrected chi connectivity index (χ1v) is 9.56. The third-order valence-electron chi connectivity index (χ3n) is 3.82. The van der Waals surface area contributed by atoms with Crippen LogP contribution in [-0.2, 0) is 20.9 Å². The van der Waals surface area contributed by atoms with E-state index in [4.69, 9.17) is 19.9 Å². The smallest absolute Gasteiger partial charge is 0.348 e. The van der Waals surface area contributed by atoms with Gasteiger partial charge in [0.05, 0.1) is 25.2 Å². The molecule has 0 aliphatic carbocycles. The minimum absolute atomic E-state index is 0.0370. The first-order valence-electron chi connectivity index (χ1n) is 8.75. The van der Waals surface area contributed by atoms with E-state index in [1.54, 1.807) is 31.2 Å². The predicted molar refractivity (Wildman–Crippen MR) is 106 cm³/mol. The van der Waals surface area contributed by atoms with Crippen LogP contribution in [0.2, 0.25) is 0 Å². The average Bonchev–Trinajstić information content (AvgIpc) is 3.02. The number of nitrogen functional groups attached to an aromatic ring is 1. The van der Waals surface area contributed by atoms with Crippen molar-refractivity contribution in [1.29, 1.82) is 5.26 Å². The molecule has 0 atom stereocenters. The Morgan fingerprint density at radius 3 is 2.45 bits per heavy atom. The van der Waals surface area contributed by atoms with Gasteiger partial charge in [0.15, 0.2) is 5.78 Å². The monoisotopic (exact) mass is 416 g/mol. The summed E-state index contributed by atoms with van der Waals surface area (Å²) >= 11 is 0.924. The van der Waals surface area contributed by atoms with Crippen molar-refractivity contribution in [1.82, 2.24) is 0 Å². The summed E-state index contributed by atoms with van der Waals surface area (Å²) in [5.74, 6) is -0.708. The number of esters is 2. The lowest BCUT2D eigenvalue weighted by atomic mass is 10.1. The Morgan fingerprint density at radius 1 is 1.17 bits per heavy atom. The van der Waals surface area contributed by atoms with E-state index in [1.807, 2.05) is 6.07 Å². The maximum Gasteiger partial charge on any atom is 0.348 e. The van der Waals surface area contributed by atoms with Gasteiger partial charge in [-0.25, -0.2) is 4.79 Å². The van der Waals surface area contributed by atoms with E-state index in [1.165, 1.54) is 6.92 Å². The molecule has 0 bridgehead atoms. The van der Waals surface area contributed by atoms with E-state index in [0.717, 1.165) is 11.3 Å². The number of ketones is 1. The second-order valence-electron chi connectivity index (χ2n) is 5.82. The molecule has 8 nitrogen and oxygen atoms in total. The summed E-state index contributed by atoms with van der Waals surface area (Å²) in [4.78, 5) is 35.4. The molecular formula is C20H20N2O6S. The molecule has 9 heteroatoms. The molecule has 0 spiro atoms. The fourth-order valence-corrected chi connectivity index (χ4v) is 3.29. The van der Waals surface area contributed by atoms with Crippen LogP contribution in [0.5, 0.6) is 5.75 Å². The highest BCUT2D eigenvalue weighted by molar-refractivity contribution is 7.18. The van der Waals surface area contributed by atoms with Crippen LogP contribution in [-0.4, -0.2) is 30.9 Å². The standard InChI is InChI=1S/C20H20N2O6S/c1-3-26-20(25)18-16(15(10-21)19(22)29-18)11-28-17(24)8-9-27-14-6-4-13(5-7-14)12(2)23/h4-7H,3,8-9,11,22H2,1-2H3. The summed E-state index contributed by atoms with van der Waals surface area (Å²) in [6.45, 7) is 3.10. The molecule has 1 aromatic carbocycles. The third kappa shape index (κ3) is 5.80. The number of anilines is 1. The summed E-state index contributed by atoms with van der Waals surface area (Å²) in [5.41, 5.74) is 6.68. The Hall–Kier alpha value is -3.38. The molecule has 29 heavy (non-hydrogen) atoms. The molecule has 0 fully saturated rings. The van der Waals surface area contributed by atoms with E-state index < -0.39 is 11.9 Å². The zero-order chi connectivity index (χ0) is 21.4. The molecule has 0 aliphatic heterocycles. The summed E-state index contributed by atoms with van der Waals surface area (Å²) in [6.07, 6.45) is -0.0370. The molecule has 152 valence electrons. The average molecular weight is 416 g/mol. The van der Waals surface area contributed by atoms with Crippen molar-refractivity contribution in [2.45, 2.75) is 26.9 Å². The fraction of sp³-hybridized carbons (Fsp3) is 0.300. The largest absolute Gasteiger partial charge is 0.493 e. The molecule has 0 amide bonds. The summed E-state index contributed by atoms with van der Waals surface area (Å²) < 4.78 is 15.6. The number of carbonyl (C=O) groups is 3. The van der Waals surface area contributed by atoms with Crippen molar-refractivity contribution >= 4 is 34.1 Å². The maximum absolute atomic E-state index is 12.0. The number of thiophene rings is 1. The first-order chi connectivity index (χ1) is 13.9. The second-order valence-corrected chi connectivity index (χ2v) is 6.87. The number of ether oxygens (including phenoxy) is 3. The van der Waals surface area contributed by atoms with Gasteiger partial charge in [-0.05, 0) is 38.1 Å². The van der Waals surface area contributed by atoms with Gasteiger partial charge in [0.25, 0.3) is 0 Å². The number of nitrogens with zero attached hydrogens (tertiary/aromatic N) is 1. The number of rotatable bonds is 9. The van der Waals surface area contributed by atoms with Crippen LogP contribution in [0.1, 0.15) is 51.4 Å². The Balaban J connectivity index is 1.91. The maximum atomic E-state index is 12.0. The highest BCUT2D eigenvalue weighted by atomic mass is 32.1. The third-order valence-corrected chi connectivity index (χ3v) is 4.86. The second kappa shape index (κ2) is 10.2. The Morgan fingerprint density at radius 2 is 1.86 bits per heavy atom. The van der Waals surface area contributed by atoms with Crippen LogP contribution in [0.15, 0.2) is 24.3 Å². The number of nitrogens with two attached hydrogens (primary N) is 1. The van der Waals surface area contributed by atoms with Gasteiger partial charge in [-0.15, -0.1) is 11.3 Å². The van der Waals surface area contributed by atoms with E-state index in [-0.39, 0.29) is 53.0 Å². The van der Waals surface area contributed by atoms with Gasteiger partial charge in [0, 0.05) is 11.1 Å². The number of hydrogen-bond acceptors (Lipinski definition) is 9. The molecule has 1 heterocycles. The Labute approximate surface area is 171 Å². The summed E-state index contributed by atoms with van der Waals surface area (Å²) in [7, 11) is 0. The molecule has 0 unspecified atom stereocenters. The molecule has 2 aromatic rings. The molecule has 0 saturated carbocycles. The quantitative estimate of drug-likeness (QED) is 0.488. The highest BCUT2D eigenvalue weighted by Gasteiger charge is 2.23. The predicted octanol–water partition coefficient (Wildman–Crippen LogP) is 3.09. The number of nitriles is 1. The van der Waals surface area contributed by atoms with Gasteiger partial charge in [-0.1, -0.05) is 0 Å². The number of hydrogen-bond donors (Lipinski definition) is 1. The van der Waals surface area contributed by atoms with E-state index >= 15 is 0 Å². The van der Waals surface area contributed by atoms with Gasteiger partial charge in [0.2, 0.25) is 0 Å². The zero-order valence-corrected chi connectivity index (χ0v) is 16.8. The normalized spacial score (nSPS) is 10.1. The molecular weight excluding hydrogens is 396 g/mol. The Kier molecular flexibility index (Phi) is 7.74. The topological polar surface area (TPSA) is 129 Å². The SMILES string of the molecule is CCOC(=O)c1sc(N)c(C#N)c1COC(=O)CCOc1ccc(C(C)=O)cc1.